The molecule has 5 heteroatoms. The average Bonchev–Trinajstić information content (AvgIpc) is 2.36. The van der Waals surface area contributed by atoms with Crippen molar-refractivity contribution in [2.45, 2.75) is 27.3 Å². The van der Waals surface area contributed by atoms with Gasteiger partial charge in [0, 0.05) is 14.1 Å². The van der Waals surface area contributed by atoms with E-state index >= 15 is 0 Å². The minimum absolute atomic E-state index is 0.247. The van der Waals surface area contributed by atoms with Gasteiger partial charge in [-0.2, -0.15) is 4.99 Å². The van der Waals surface area contributed by atoms with Gasteiger partial charge in [-0.05, 0) is 43.0 Å². The molecule has 0 N–H and O–H groups in total. The van der Waals surface area contributed by atoms with E-state index in [1.807, 2.05) is 39.8 Å². The van der Waals surface area contributed by atoms with Gasteiger partial charge in [0.05, 0.1) is 12.2 Å². The van der Waals surface area contributed by atoms with Crippen molar-refractivity contribution in [1.29, 1.82) is 0 Å². The zero-order valence-corrected chi connectivity index (χ0v) is 11.9. The first-order chi connectivity index (χ1) is 8.95. The van der Waals surface area contributed by atoms with E-state index in [-0.39, 0.29) is 6.54 Å². The maximum Gasteiger partial charge on any atom is 0.240 e. The lowest BCUT2D eigenvalue weighted by molar-refractivity contribution is 0.562. The van der Waals surface area contributed by atoms with Crippen LogP contribution < -0.4 is 4.90 Å². The van der Waals surface area contributed by atoms with Crippen molar-refractivity contribution in [3.8, 4) is 0 Å². The van der Waals surface area contributed by atoms with Crippen molar-refractivity contribution in [2.75, 3.05) is 19.0 Å². The van der Waals surface area contributed by atoms with Crippen LogP contribution in [0.1, 0.15) is 22.3 Å². The molecule has 0 bridgehead atoms. The number of rotatable bonds is 4. The third kappa shape index (κ3) is 2.79. The third-order valence-electron chi connectivity index (χ3n) is 3.31. The van der Waals surface area contributed by atoms with Crippen LogP contribution >= 0.6 is 0 Å². The number of carbonyl (C=O) groups excluding carboxylic acids is 2. The monoisotopic (exact) mass is 259 g/mol. The van der Waals surface area contributed by atoms with Crippen LogP contribution in [0.5, 0.6) is 0 Å². The van der Waals surface area contributed by atoms with Crippen LogP contribution in [-0.4, -0.2) is 26.3 Å². The predicted molar refractivity (Wildman–Crippen MR) is 74.6 cm³/mol. The molecule has 19 heavy (non-hydrogen) atoms. The molecule has 0 aliphatic carbocycles. The summed E-state index contributed by atoms with van der Waals surface area (Å²) in [4.78, 5) is 30.3. The molecule has 0 fully saturated rings. The number of isocyanates is 2. The first-order valence-corrected chi connectivity index (χ1v) is 5.87. The Kier molecular flexibility index (Phi) is 4.76. The van der Waals surface area contributed by atoms with Gasteiger partial charge in [0.25, 0.3) is 0 Å². The molecule has 100 valence electrons. The molecular weight excluding hydrogens is 242 g/mol. The number of nitrogens with zero attached hydrogens (tertiary/aromatic N) is 3. The Morgan fingerprint density at radius 1 is 1.00 bits per heavy atom. The van der Waals surface area contributed by atoms with E-state index in [9.17, 15) is 9.59 Å². The first kappa shape index (κ1) is 14.8. The van der Waals surface area contributed by atoms with Crippen LogP contribution in [0.25, 0.3) is 0 Å². The molecule has 0 heterocycles. The predicted octanol–water partition coefficient (Wildman–Crippen LogP) is 2.48. The summed E-state index contributed by atoms with van der Waals surface area (Å²) in [6.45, 7) is 6.05. The zero-order chi connectivity index (χ0) is 14.6. The zero-order valence-electron chi connectivity index (χ0n) is 11.9. The Hall–Kier alpha value is -2.22. The van der Waals surface area contributed by atoms with E-state index in [1.54, 1.807) is 6.08 Å². The largest absolute Gasteiger partial charge is 0.376 e. The van der Waals surface area contributed by atoms with E-state index in [4.69, 9.17) is 0 Å². The second kappa shape index (κ2) is 6.10. The van der Waals surface area contributed by atoms with Crippen molar-refractivity contribution in [3.05, 3.63) is 22.3 Å². The lowest BCUT2D eigenvalue weighted by atomic mass is 9.94. The average molecular weight is 259 g/mol. The minimum Gasteiger partial charge on any atom is -0.376 e. The summed E-state index contributed by atoms with van der Waals surface area (Å²) in [6.07, 6.45) is 3.13. The Bertz CT molecular complexity index is 593. The molecule has 0 unspecified atom stereocenters. The minimum atomic E-state index is 0.247. The quantitative estimate of drug-likeness (QED) is 0.616. The number of anilines is 1. The van der Waals surface area contributed by atoms with Gasteiger partial charge in [0.2, 0.25) is 12.2 Å². The van der Waals surface area contributed by atoms with Gasteiger partial charge in [0.1, 0.15) is 5.69 Å². The Morgan fingerprint density at radius 3 is 2.11 bits per heavy atom. The van der Waals surface area contributed by atoms with Gasteiger partial charge in [-0.15, -0.1) is 0 Å². The molecule has 1 aromatic rings. The fraction of sp³-hybridized carbons (Fsp3) is 0.429. The molecule has 1 aromatic carbocycles. The fourth-order valence-corrected chi connectivity index (χ4v) is 2.26. The summed E-state index contributed by atoms with van der Waals surface area (Å²) in [6, 6.07) is 0. The summed E-state index contributed by atoms with van der Waals surface area (Å²) in [5.41, 5.74) is 5.27. The summed E-state index contributed by atoms with van der Waals surface area (Å²) in [5.74, 6) is 0. The number of benzene rings is 1. The summed E-state index contributed by atoms with van der Waals surface area (Å²) in [7, 11) is 3.79. The molecule has 0 atom stereocenters. The standard InChI is InChI=1S/C14H17N3O2/c1-9-10(2)14(17(4)5)13(16-8-19)11(3)12(9)6-15-7-18/h6H2,1-5H3. The summed E-state index contributed by atoms with van der Waals surface area (Å²) < 4.78 is 0. The Balaban J connectivity index is 3.72. The molecule has 0 radical (unpaired) electrons. The maximum absolute atomic E-state index is 10.6. The van der Waals surface area contributed by atoms with Crippen molar-refractivity contribution < 1.29 is 9.59 Å². The van der Waals surface area contributed by atoms with Crippen molar-refractivity contribution in [2.24, 2.45) is 9.98 Å². The number of hydrogen-bond donors (Lipinski definition) is 0. The molecule has 1 rings (SSSR count). The Labute approximate surface area is 112 Å². The van der Waals surface area contributed by atoms with E-state index in [2.05, 4.69) is 9.98 Å². The lowest BCUT2D eigenvalue weighted by Crippen LogP contribution is -2.13. The highest BCUT2D eigenvalue weighted by molar-refractivity contribution is 5.79. The van der Waals surface area contributed by atoms with Gasteiger partial charge in [-0.1, -0.05) is 0 Å². The topological polar surface area (TPSA) is 62.1 Å². The molecule has 0 aliphatic heterocycles. The lowest BCUT2D eigenvalue weighted by Gasteiger charge is -2.23. The van der Waals surface area contributed by atoms with Crippen LogP contribution in [0.3, 0.4) is 0 Å². The van der Waals surface area contributed by atoms with E-state index < -0.39 is 0 Å². The number of aliphatic imine (C=N–C) groups is 2. The molecule has 0 aromatic heterocycles. The molecule has 5 nitrogen and oxygen atoms in total. The van der Waals surface area contributed by atoms with Gasteiger partial charge >= 0.3 is 0 Å². The normalized spacial score (nSPS) is 9.53. The highest BCUT2D eigenvalue weighted by Gasteiger charge is 2.18. The van der Waals surface area contributed by atoms with Gasteiger partial charge in [-0.25, -0.2) is 14.6 Å². The number of hydrogen-bond acceptors (Lipinski definition) is 5. The highest BCUT2D eigenvalue weighted by atomic mass is 16.1. The second-order valence-corrected chi connectivity index (χ2v) is 4.56. The van der Waals surface area contributed by atoms with Gasteiger partial charge < -0.3 is 4.90 Å². The van der Waals surface area contributed by atoms with Crippen LogP contribution in [-0.2, 0) is 16.1 Å². The fourth-order valence-electron chi connectivity index (χ4n) is 2.26. The van der Waals surface area contributed by atoms with E-state index in [0.29, 0.717) is 5.69 Å². The van der Waals surface area contributed by atoms with Crippen molar-refractivity contribution >= 4 is 23.5 Å². The van der Waals surface area contributed by atoms with Crippen molar-refractivity contribution in [1.82, 2.24) is 0 Å². The summed E-state index contributed by atoms with van der Waals surface area (Å²) in [5, 5.41) is 0. The van der Waals surface area contributed by atoms with Crippen LogP contribution in [0.4, 0.5) is 11.4 Å². The third-order valence-corrected chi connectivity index (χ3v) is 3.31. The van der Waals surface area contributed by atoms with Crippen LogP contribution in [0.15, 0.2) is 9.98 Å². The molecule has 0 saturated heterocycles. The van der Waals surface area contributed by atoms with Crippen LogP contribution in [0, 0.1) is 20.8 Å². The van der Waals surface area contributed by atoms with Gasteiger partial charge in [0.15, 0.2) is 0 Å². The molecule has 0 saturated carbocycles. The van der Waals surface area contributed by atoms with Crippen molar-refractivity contribution in [3.63, 3.8) is 0 Å². The maximum atomic E-state index is 10.6. The van der Waals surface area contributed by atoms with Crippen LogP contribution in [0.2, 0.25) is 0 Å². The summed E-state index contributed by atoms with van der Waals surface area (Å²) >= 11 is 0. The molecule has 0 amide bonds. The SMILES string of the molecule is Cc1c(C)c(N(C)C)c(N=C=O)c(C)c1CN=C=O. The molecule has 0 spiro atoms. The Morgan fingerprint density at radius 2 is 1.63 bits per heavy atom. The van der Waals surface area contributed by atoms with E-state index in [0.717, 1.165) is 27.9 Å². The smallest absolute Gasteiger partial charge is 0.240 e. The molecular formula is C14H17N3O2. The van der Waals surface area contributed by atoms with Gasteiger partial charge in [-0.3, -0.25) is 0 Å². The first-order valence-electron chi connectivity index (χ1n) is 5.87. The highest BCUT2D eigenvalue weighted by Crippen LogP contribution is 2.39. The second-order valence-electron chi connectivity index (χ2n) is 4.56. The molecule has 0 aliphatic rings. The van der Waals surface area contributed by atoms with E-state index in [1.165, 1.54) is 6.08 Å².